The first-order chi connectivity index (χ1) is 9.47. The van der Waals surface area contributed by atoms with Crippen molar-refractivity contribution in [2.24, 2.45) is 0 Å². The molecule has 1 aromatic rings. The number of carbonyl (C=O) groups excluding carboxylic acids is 2. The molecule has 0 aromatic heterocycles. The number of aliphatic carboxylic acids is 1. The number of imide groups is 1. The molecule has 3 N–H and O–H groups in total. The maximum Gasteiger partial charge on any atom is 0.325 e. The van der Waals surface area contributed by atoms with Crippen molar-refractivity contribution in [3.63, 3.8) is 0 Å². The zero-order valence-corrected chi connectivity index (χ0v) is 11.3. The van der Waals surface area contributed by atoms with Crippen molar-refractivity contribution in [3.05, 3.63) is 29.8 Å². The molecule has 0 fully saturated rings. The van der Waals surface area contributed by atoms with Gasteiger partial charge >= 0.3 is 12.0 Å². The monoisotopic (exact) mass is 278 g/mol. The zero-order valence-electron chi connectivity index (χ0n) is 11.3. The van der Waals surface area contributed by atoms with E-state index in [0.29, 0.717) is 18.5 Å². The van der Waals surface area contributed by atoms with Gasteiger partial charge in [-0.2, -0.15) is 0 Å². The molecule has 0 aliphatic heterocycles. The minimum absolute atomic E-state index is 0.0305. The lowest BCUT2D eigenvalue weighted by molar-refractivity contribution is -0.137. The van der Waals surface area contributed by atoms with Crippen molar-refractivity contribution in [1.82, 2.24) is 5.32 Å². The Kier molecular flexibility index (Phi) is 6.22. The fraction of sp³-hybridized carbons (Fsp3) is 0.357. The minimum atomic E-state index is -0.886. The van der Waals surface area contributed by atoms with Gasteiger partial charge in [0, 0.05) is 18.5 Å². The second-order valence-electron chi connectivity index (χ2n) is 4.47. The Bertz CT molecular complexity index is 500. The fourth-order valence-corrected chi connectivity index (χ4v) is 1.64. The van der Waals surface area contributed by atoms with E-state index >= 15 is 0 Å². The van der Waals surface area contributed by atoms with Gasteiger partial charge in [0.1, 0.15) is 0 Å². The number of urea groups is 1. The van der Waals surface area contributed by atoms with Gasteiger partial charge in [-0.1, -0.05) is 12.1 Å². The van der Waals surface area contributed by atoms with Crippen LogP contribution in [0.3, 0.4) is 0 Å². The number of carbonyl (C=O) groups is 3. The van der Waals surface area contributed by atoms with Crippen LogP contribution in [0.2, 0.25) is 0 Å². The van der Waals surface area contributed by atoms with Crippen LogP contribution >= 0.6 is 0 Å². The zero-order chi connectivity index (χ0) is 15.0. The van der Waals surface area contributed by atoms with Gasteiger partial charge in [0.15, 0.2) is 0 Å². The van der Waals surface area contributed by atoms with Gasteiger partial charge in [-0.3, -0.25) is 14.9 Å². The quantitative estimate of drug-likeness (QED) is 0.696. The largest absolute Gasteiger partial charge is 0.481 e. The molecule has 1 aromatic carbocycles. The van der Waals surface area contributed by atoms with Crippen LogP contribution in [-0.2, 0) is 9.59 Å². The van der Waals surface area contributed by atoms with Crippen LogP contribution in [0.5, 0.6) is 0 Å². The lowest BCUT2D eigenvalue weighted by atomic mass is 10.2. The molecule has 3 amide bonds. The molecule has 108 valence electrons. The lowest BCUT2D eigenvalue weighted by Crippen LogP contribution is -2.34. The number of aryl methyl sites for hydroxylation is 1. The molecule has 6 nitrogen and oxygen atoms in total. The molecular formula is C14H18N2O4. The molecule has 0 saturated carbocycles. The SMILES string of the molecule is Cc1cccc(NC(=O)NC(=O)CCCCC(=O)O)c1. The number of carboxylic acid groups (broad SMARTS) is 1. The van der Waals surface area contributed by atoms with Crippen LogP contribution < -0.4 is 10.6 Å². The molecule has 0 aliphatic carbocycles. The molecule has 0 spiro atoms. The summed E-state index contributed by atoms with van der Waals surface area (Å²) in [6.07, 6.45) is 1.02. The van der Waals surface area contributed by atoms with Crippen molar-refractivity contribution < 1.29 is 19.5 Å². The van der Waals surface area contributed by atoms with E-state index in [1.807, 2.05) is 13.0 Å². The Morgan fingerprint density at radius 2 is 1.85 bits per heavy atom. The van der Waals surface area contributed by atoms with Gasteiger partial charge in [-0.15, -0.1) is 0 Å². The summed E-state index contributed by atoms with van der Waals surface area (Å²) in [7, 11) is 0. The topological polar surface area (TPSA) is 95.5 Å². The Hall–Kier alpha value is -2.37. The van der Waals surface area contributed by atoms with Crippen LogP contribution in [0.1, 0.15) is 31.2 Å². The summed E-state index contributed by atoms with van der Waals surface area (Å²) in [5.74, 6) is -1.30. The third-order valence-corrected chi connectivity index (χ3v) is 2.57. The van der Waals surface area contributed by atoms with E-state index in [0.717, 1.165) is 5.56 Å². The first-order valence-electron chi connectivity index (χ1n) is 6.36. The van der Waals surface area contributed by atoms with Crippen LogP contribution in [0.25, 0.3) is 0 Å². The fourth-order valence-electron chi connectivity index (χ4n) is 1.64. The number of hydrogen-bond donors (Lipinski definition) is 3. The van der Waals surface area contributed by atoms with Crippen LogP contribution in [-0.4, -0.2) is 23.0 Å². The average molecular weight is 278 g/mol. The number of nitrogens with one attached hydrogen (secondary N) is 2. The highest BCUT2D eigenvalue weighted by atomic mass is 16.4. The maximum absolute atomic E-state index is 11.5. The Morgan fingerprint density at radius 3 is 2.50 bits per heavy atom. The molecule has 0 heterocycles. The third kappa shape index (κ3) is 6.53. The lowest BCUT2D eigenvalue weighted by Gasteiger charge is -2.07. The molecule has 0 radical (unpaired) electrons. The average Bonchev–Trinajstić information content (AvgIpc) is 2.34. The van der Waals surface area contributed by atoms with E-state index in [2.05, 4.69) is 10.6 Å². The molecule has 0 aliphatic rings. The molecule has 0 atom stereocenters. The first kappa shape index (κ1) is 15.7. The Labute approximate surface area is 117 Å². The second kappa shape index (κ2) is 7.93. The summed E-state index contributed by atoms with van der Waals surface area (Å²) in [6.45, 7) is 1.90. The summed E-state index contributed by atoms with van der Waals surface area (Å²) in [5, 5.41) is 13.2. The predicted octanol–water partition coefficient (Wildman–Crippen LogP) is 2.29. The highest BCUT2D eigenvalue weighted by Gasteiger charge is 2.08. The Balaban J connectivity index is 2.28. The van der Waals surface area contributed by atoms with E-state index in [9.17, 15) is 14.4 Å². The standard InChI is InChI=1S/C14H18N2O4/c1-10-5-4-6-11(9-10)15-14(20)16-12(17)7-2-3-8-13(18)19/h4-6,9H,2-3,7-8H2,1H3,(H,18,19)(H2,15,16,17,20). The smallest absolute Gasteiger partial charge is 0.325 e. The maximum atomic E-state index is 11.5. The van der Waals surface area contributed by atoms with E-state index in [1.54, 1.807) is 18.2 Å². The van der Waals surface area contributed by atoms with Crippen molar-refractivity contribution >= 4 is 23.6 Å². The van der Waals surface area contributed by atoms with Crippen LogP contribution in [0, 0.1) is 6.92 Å². The summed E-state index contributed by atoms with van der Waals surface area (Å²) in [6, 6.07) is 6.63. The summed E-state index contributed by atoms with van der Waals surface area (Å²) < 4.78 is 0. The molecule has 0 saturated heterocycles. The highest BCUT2D eigenvalue weighted by Crippen LogP contribution is 2.09. The van der Waals surface area contributed by atoms with Gasteiger partial charge in [-0.25, -0.2) is 4.79 Å². The number of unbranched alkanes of at least 4 members (excludes halogenated alkanes) is 1. The molecule has 1 rings (SSSR count). The number of hydrogen-bond acceptors (Lipinski definition) is 3. The number of benzene rings is 1. The van der Waals surface area contributed by atoms with Crippen molar-refractivity contribution in [2.75, 3.05) is 5.32 Å². The van der Waals surface area contributed by atoms with E-state index in [1.165, 1.54) is 0 Å². The molecule has 0 unspecified atom stereocenters. The van der Waals surface area contributed by atoms with Crippen molar-refractivity contribution in [1.29, 1.82) is 0 Å². The van der Waals surface area contributed by atoms with Gasteiger partial charge in [0.05, 0.1) is 0 Å². The molecule has 6 heteroatoms. The van der Waals surface area contributed by atoms with E-state index < -0.39 is 17.9 Å². The van der Waals surface area contributed by atoms with Crippen LogP contribution in [0.15, 0.2) is 24.3 Å². The molecular weight excluding hydrogens is 260 g/mol. The molecule has 0 bridgehead atoms. The van der Waals surface area contributed by atoms with Crippen molar-refractivity contribution in [2.45, 2.75) is 32.6 Å². The number of rotatable bonds is 6. The summed E-state index contributed by atoms with van der Waals surface area (Å²) >= 11 is 0. The molecule has 20 heavy (non-hydrogen) atoms. The number of amides is 3. The van der Waals surface area contributed by atoms with Gasteiger partial charge in [0.25, 0.3) is 0 Å². The van der Waals surface area contributed by atoms with E-state index in [4.69, 9.17) is 5.11 Å². The summed E-state index contributed by atoms with van der Waals surface area (Å²) in [4.78, 5) is 33.3. The van der Waals surface area contributed by atoms with Crippen LogP contribution in [0.4, 0.5) is 10.5 Å². The third-order valence-electron chi connectivity index (χ3n) is 2.57. The number of carboxylic acids is 1. The highest BCUT2D eigenvalue weighted by molar-refractivity contribution is 6.01. The summed E-state index contributed by atoms with van der Waals surface area (Å²) in [5.41, 5.74) is 1.61. The van der Waals surface area contributed by atoms with Gasteiger partial charge in [-0.05, 0) is 37.5 Å². The second-order valence-corrected chi connectivity index (χ2v) is 4.47. The Morgan fingerprint density at radius 1 is 1.15 bits per heavy atom. The van der Waals surface area contributed by atoms with Gasteiger partial charge in [0.2, 0.25) is 5.91 Å². The minimum Gasteiger partial charge on any atom is -0.481 e. The van der Waals surface area contributed by atoms with Gasteiger partial charge < -0.3 is 10.4 Å². The van der Waals surface area contributed by atoms with E-state index in [-0.39, 0.29) is 12.8 Å². The van der Waals surface area contributed by atoms with Crippen molar-refractivity contribution in [3.8, 4) is 0 Å². The predicted molar refractivity (Wildman–Crippen MR) is 74.4 cm³/mol. The first-order valence-corrected chi connectivity index (χ1v) is 6.36. The normalized spacial score (nSPS) is 9.85. The number of anilines is 1.